The van der Waals surface area contributed by atoms with E-state index in [1.54, 1.807) is 0 Å². The molecule has 0 N–H and O–H groups in total. The van der Waals surface area contributed by atoms with E-state index in [1.807, 2.05) is 30.3 Å². The van der Waals surface area contributed by atoms with Crippen LogP contribution in [-0.2, 0) is 0 Å². The van der Waals surface area contributed by atoms with Gasteiger partial charge in [-0.15, -0.1) is 0 Å². The molecule has 0 bridgehead atoms. The molecule has 2 aliphatic heterocycles. The molecule has 5 heteroatoms. The van der Waals surface area contributed by atoms with Crippen LogP contribution >= 0.6 is 0 Å². The third-order valence-electron chi connectivity index (χ3n) is 6.28. The average molecular weight is 421 g/mol. The maximum absolute atomic E-state index is 6.42. The van der Waals surface area contributed by atoms with Gasteiger partial charge in [0.15, 0.2) is 6.17 Å². The highest BCUT2D eigenvalue weighted by molar-refractivity contribution is 6.26. The van der Waals surface area contributed by atoms with Gasteiger partial charge in [-0.3, -0.25) is 4.57 Å². The van der Waals surface area contributed by atoms with Gasteiger partial charge in [-0.2, -0.15) is 0 Å². The first-order valence-corrected chi connectivity index (χ1v) is 11.2. The third-order valence-corrected chi connectivity index (χ3v) is 6.28. The standard InChI is InChI=1S/C27H24N4O/c1-3-30(4-2)20-15-14-19-16-21-26-28-22-12-8-9-13-23(22)31(26)25(18-10-6-5-7-11-18)29-27(21)32-24(19)17-20/h5-17,25H,3-4H2,1-2H3. The molecule has 158 valence electrons. The van der Waals surface area contributed by atoms with E-state index in [2.05, 4.69) is 71.9 Å². The van der Waals surface area contributed by atoms with Crippen LogP contribution in [0.4, 0.5) is 5.69 Å². The minimum atomic E-state index is -0.224. The molecule has 3 aromatic carbocycles. The van der Waals surface area contributed by atoms with E-state index < -0.39 is 0 Å². The molecule has 1 atom stereocenters. The van der Waals surface area contributed by atoms with Crippen molar-refractivity contribution in [2.45, 2.75) is 20.0 Å². The second kappa shape index (κ2) is 7.38. The molecule has 1 unspecified atom stereocenters. The summed E-state index contributed by atoms with van der Waals surface area (Å²) < 4.78 is 8.64. The first-order valence-electron chi connectivity index (χ1n) is 11.2. The molecule has 0 saturated heterocycles. The van der Waals surface area contributed by atoms with Crippen molar-refractivity contribution < 1.29 is 4.74 Å². The van der Waals surface area contributed by atoms with E-state index in [0.29, 0.717) is 5.90 Å². The topological polar surface area (TPSA) is 42.6 Å². The van der Waals surface area contributed by atoms with Crippen molar-refractivity contribution in [2.24, 2.45) is 4.99 Å². The fourth-order valence-corrected chi connectivity index (χ4v) is 4.65. The Kier molecular flexibility index (Phi) is 4.35. The first-order chi connectivity index (χ1) is 15.8. The number of hydrogen-bond donors (Lipinski definition) is 0. The zero-order valence-corrected chi connectivity index (χ0v) is 18.2. The van der Waals surface area contributed by atoms with E-state index in [0.717, 1.165) is 58.1 Å². The van der Waals surface area contributed by atoms with E-state index in [4.69, 9.17) is 14.7 Å². The lowest BCUT2D eigenvalue weighted by Gasteiger charge is -2.29. The Morgan fingerprint density at radius 3 is 2.53 bits per heavy atom. The van der Waals surface area contributed by atoms with Crippen molar-refractivity contribution in [3.63, 3.8) is 0 Å². The molecule has 0 fully saturated rings. The monoisotopic (exact) mass is 420 g/mol. The summed E-state index contributed by atoms with van der Waals surface area (Å²) in [4.78, 5) is 12.4. The fraction of sp³-hybridized carbons (Fsp3) is 0.185. The second-order valence-electron chi connectivity index (χ2n) is 8.07. The lowest BCUT2D eigenvalue weighted by Crippen LogP contribution is -2.27. The number of anilines is 1. The number of benzene rings is 3. The highest BCUT2D eigenvalue weighted by atomic mass is 16.5. The van der Waals surface area contributed by atoms with Gasteiger partial charge in [0.1, 0.15) is 11.6 Å². The summed E-state index contributed by atoms with van der Waals surface area (Å²) in [5.74, 6) is 2.36. The smallest absolute Gasteiger partial charge is 0.228 e. The third kappa shape index (κ3) is 2.85. The molecule has 5 nitrogen and oxygen atoms in total. The lowest BCUT2D eigenvalue weighted by molar-refractivity contribution is 0.516. The number of rotatable bonds is 4. The molecule has 2 aliphatic rings. The minimum Gasteiger partial charge on any atom is -0.438 e. The lowest BCUT2D eigenvalue weighted by atomic mass is 10.0. The summed E-state index contributed by atoms with van der Waals surface area (Å²) in [5, 5.41) is 0. The van der Waals surface area contributed by atoms with Gasteiger partial charge in [-0.25, -0.2) is 9.98 Å². The molecule has 32 heavy (non-hydrogen) atoms. The Bertz CT molecular complexity index is 1380. The quantitative estimate of drug-likeness (QED) is 0.421. The number of fused-ring (bicyclic) bond motifs is 6. The number of nitrogens with zero attached hydrogens (tertiary/aromatic N) is 4. The van der Waals surface area contributed by atoms with Crippen molar-refractivity contribution in [3.05, 3.63) is 89.7 Å². The number of aromatic nitrogens is 2. The second-order valence-corrected chi connectivity index (χ2v) is 8.07. The fourth-order valence-electron chi connectivity index (χ4n) is 4.65. The Labute approximate surface area is 187 Å². The molecule has 4 aromatic rings. The molecular formula is C27H24N4O. The summed E-state index contributed by atoms with van der Waals surface area (Å²) in [6, 6.07) is 25.0. The Morgan fingerprint density at radius 1 is 0.938 bits per heavy atom. The zero-order valence-electron chi connectivity index (χ0n) is 18.2. The molecule has 3 heterocycles. The van der Waals surface area contributed by atoms with Gasteiger partial charge >= 0.3 is 0 Å². The van der Waals surface area contributed by atoms with Crippen LogP contribution in [0.2, 0.25) is 0 Å². The number of aliphatic imine (C=N–C) groups is 1. The van der Waals surface area contributed by atoms with E-state index in [-0.39, 0.29) is 6.17 Å². The number of ether oxygens (including phenoxy) is 1. The van der Waals surface area contributed by atoms with Gasteiger partial charge in [0.2, 0.25) is 5.90 Å². The molecule has 0 spiro atoms. The van der Waals surface area contributed by atoms with Gasteiger partial charge in [-0.05, 0) is 49.8 Å². The normalized spacial score (nSPS) is 16.4. The van der Waals surface area contributed by atoms with Crippen LogP contribution < -0.4 is 9.64 Å². The van der Waals surface area contributed by atoms with E-state index in [9.17, 15) is 0 Å². The Morgan fingerprint density at radius 2 is 1.72 bits per heavy atom. The van der Waals surface area contributed by atoms with Crippen LogP contribution in [0.5, 0.6) is 5.75 Å². The first kappa shape index (κ1) is 18.9. The van der Waals surface area contributed by atoms with Gasteiger partial charge in [-0.1, -0.05) is 42.5 Å². The summed E-state index contributed by atoms with van der Waals surface area (Å²) in [7, 11) is 0. The van der Waals surface area contributed by atoms with Crippen molar-refractivity contribution in [1.82, 2.24) is 9.55 Å². The predicted octanol–water partition coefficient (Wildman–Crippen LogP) is 5.77. The number of hydrogen-bond acceptors (Lipinski definition) is 4. The molecule has 0 radical (unpaired) electrons. The van der Waals surface area contributed by atoms with Crippen LogP contribution in [0.3, 0.4) is 0 Å². The average Bonchev–Trinajstić information content (AvgIpc) is 3.24. The van der Waals surface area contributed by atoms with Crippen LogP contribution in [0.25, 0.3) is 22.7 Å². The van der Waals surface area contributed by atoms with Crippen molar-refractivity contribution in [2.75, 3.05) is 18.0 Å². The van der Waals surface area contributed by atoms with Crippen molar-refractivity contribution in [3.8, 4) is 5.75 Å². The summed E-state index contributed by atoms with van der Waals surface area (Å²) in [5.41, 5.74) is 6.28. The molecule has 6 rings (SSSR count). The van der Waals surface area contributed by atoms with Gasteiger partial charge < -0.3 is 9.64 Å². The van der Waals surface area contributed by atoms with Crippen LogP contribution in [0.1, 0.15) is 37.0 Å². The largest absolute Gasteiger partial charge is 0.438 e. The van der Waals surface area contributed by atoms with E-state index in [1.165, 1.54) is 0 Å². The molecular weight excluding hydrogens is 396 g/mol. The van der Waals surface area contributed by atoms with Crippen molar-refractivity contribution >= 4 is 34.3 Å². The highest BCUT2D eigenvalue weighted by Gasteiger charge is 2.33. The SMILES string of the molecule is CCN(CC)c1ccc2c(c1)OC1=NC(c3ccccc3)n3c(nc4ccccc43)C1=C2. The van der Waals surface area contributed by atoms with Crippen LogP contribution in [-0.4, -0.2) is 28.5 Å². The maximum Gasteiger partial charge on any atom is 0.228 e. The Hall–Kier alpha value is -3.86. The molecule has 0 aliphatic carbocycles. The van der Waals surface area contributed by atoms with Crippen molar-refractivity contribution in [1.29, 1.82) is 0 Å². The maximum atomic E-state index is 6.42. The molecule has 1 aromatic heterocycles. The zero-order chi connectivity index (χ0) is 21.7. The highest BCUT2D eigenvalue weighted by Crippen LogP contribution is 2.41. The Balaban J connectivity index is 1.55. The van der Waals surface area contributed by atoms with Crippen LogP contribution in [0, 0.1) is 0 Å². The number of imidazole rings is 1. The predicted molar refractivity (Wildman–Crippen MR) is 130 cm³/mol. The summed E-state index contributed by atoms with van der Waals surface area (Å²) in [6.07, 6.45) is 1.93. The number of para-hydroxylation sites is 2. The van der Waals surface area contributed by atoms with E-state index >= 15 is 0 Å². The van der Waals surface area contributed by atoms with Crippen LogP contribution in [0.15, 0.2) is 77.8 Å². The molecule has 0 saturated carbocycles. The molecule has 0 amide bonds. The van der Waals surface area contributed by atoms with Gasteiger partial charge in [0, 0.05) is 30.4 Å². The van der Waals surface area contributed by atoms with Gasteiger partial charge in [0.05, 0.1) is 16.6 Å². The van der Waals surface area contributed by atoms with Gasteiger partial charge in [0.25, 0.3) is 0 Å². The minimum absolute atomic E-state index is 0.224. The summed E-state index contributed by atoms with van der Waals surface area (Å²) >= 11 is 0. The summed E-state index contributed by atoms with van der Waals surface area (Å²) in [6.45, 7) is 6.25.